The lowest BCUT2D eigenvalue weighted by atomic mass is 10.1. The molecule has 0 radical (unpaired) electrons. The fourth-order valence-corrected chi connectivity index (χ4v) is 2.45. The van der Waals surface area contributed by atoms with Crippen molar-refractivity contribution in [3.63, 3.8) is 0 Å². The van der Waals surface area contributed by atoms with Crippen molar-refractivity contribution in [1.82, 2.24) is 0 Å². The van der Waals surface area contributed by atoms with Crippen LogP contribution in [0.1, 0.15) is 4.88 Å². The second kappa shape index (κ2) is 4.89. The normalized spacial score (nSPS) is 9.71. The molecule has 17 heavy (non-hydrogen) atoms. The summed E-state index contributed by atoms with van der Waals surface area (Å²) in [6.07, 6.45) is 0. The fourth-order valence-electron chi connectivity index (χ4n) is 1.62. The number of benzene rings is 1. The molecule has 0 fully saturated rings. The van der Waals surface area contributed by atoms with Gasteiger partial charge in [-0.25, -0.2) is 0 Å². The molecule has 1 heterocycles. The van der Waals surface area contributed by atoms with Crippen LogP contribution in [0.15, 0.2) is 30.3 Å². The van der Waals surface area contributed by atoms with E-state index in [4.69, 9.17) is 14.7 Å². The molecule has 0 saturated carbocycles. The molecule has 0 saturated heterocycles. The van der Waals surface area contributed by atoms with E-state index in [-0.39, 0.29) is 0 Å². The lowest BCUT2D eigenvalue weighted by Gasteiger charge is -2.11. The fraction of sp³-hybridized carbons (Fsp3) is 0.154. The van der Waals surface area contributed by atoms with Crippen LogP contribution in [0.5, 0.6) is 11.5 Å². The van der Waals surface area contributed by atoms with Crippen molar-refractivity contribution in [3.8, 4) is 28.0 Å². The van der Waals surface area contributed by atoms with Crippen LogP contribution in [0.3, 0.4) is 0 Å². The van der Waals surface area contributed by atoms with Gasteiger partial charge in [-0.05, 0) is 24.3 Å². The van der Waals surface area contributed by atoms with Crippen LogP contribution < -0.4 is 9.47 Å². The summed E-state index contributed by atoms with van der Waals surface area (Å²) in [7, 11) is 3.22. The van der Waals surface area contributed by atoms with Gasteiger partial charge in [-0.3, -0.25) is 0 Å². The number of hydrogen-bond acceptors (Lipinski definition) is 4. The quantitative estimate of drug-likeness (QED) is 0.833. The van der Waals surface area contributed by atoms with Gasteiger partial charge >= 0.3 is 0 Å². The molecule has 2 aromatic rings. The van der Waals surface area contributed by atoms with E-state index in [0.29, 0.717) is 16.4 Å². The number of para-hydroxylation sites is 1. The zero-order valence-corrected chi connectivity index (χ0v) is 10.4. The zero-order valence-electron chi connectivity index (χ0n) is 9.56. The lowest BCUT2D eigenvalue weighted by molar-refractivity contribution is 0.356. The number of nitriles is 1. The van der Waals surface area contributed by atoms with Crippen molar-refractivity contribution in [2.24, 2.45) is 0 Å². The minimum atomic E-state index is 0.685. The molecule has 0 atom stereocenters. The molecule has 0 aliphatic heterocycles. The van der Waals surface area contributed by atoms with Gasteiger partial charge in [-0.2, -0.15) is 5.26 Å². The van der Waals surface area contributed by atoms with Gasteiger partial charge in [0.2, 0.25) is 0 Å². The van der Waals surface area contributed by atoms with Crippen molar-refractivity contribution < 1.29 is 9.47 Å². The molecule has 0 N–H and O–H groups in total. The first kappa shape index (κ1) is 11.5. The highest BCUT2D eigenvalue weighted by molar-refractivity contribution is 7.16. The van der Waals surface area contributed by atoms with Crippen molar-refractivity contribution >= 4 is 11.3 Å². The van der Waals surface area contributed by atoms with Crippen LogP contribution in [0.2, 0.25) is 0 Å². The third-order valence-corrected chi connectivity index (χ3v) is 3.41. The first-order valence-electron chi connectivity index (χ1n) is 5.01. The first-order valence-corrected chi connectivity index (χ1v) is 5.83. The Kier molecular flexibility index (Phi) is 3.31. The Labute approximate surface area is 104 Å². The average molecular weight is 245 g/mol. The lowest BCUT2D eigenvalue weighted by Crippen LogP contribution is -1.92. The number of thiophene rings is 1. The summed E-state index contributed by atoms with van der Waals surface area (Å²) >= 11 is 1.44. The largest absolute Gasteiger partial charge is 0.493 e. The van der Waals surface area contributed by atoms with Crippen LogP contribution in [-0.4, -0.2) is 14.2 Å². The summed E-state index contributed by atoms with van der Waals surface area (Å²) in [4.78, 5) is 1.68. The van der Waals surface area contributed by atoms with Gasteiger partial charge in [0.05, 0.1) is 14.2 Å². The van der Waals surface area contributed by atoms with E-state index < -0.39 is 0 Å². The molecule has 0 spiro atoms. The summed E-state index contributed by atoms with van der Waals surface area (Å²) in [5.41, 5.74) is 0.943. The van der Waals surface area contributed by atoms with Gasteiger partial charge in [0.15, 0.2) is 11.5 Å². The van der Waals surface area contributed by atoms with Crippen molar-refractivity contribution in [2.75, 3.05) is 14.2 Å². The van der Waals surface area contributed by atoms with E-state index >= 15 is 0 Å². The minimum Gasteiger partial charge on any atom is -0.493 e. The van der Waals surface area contributed by atoms with E-state index in [1.165, 1.54) is 11.3 Å². The zero-order chi connectivity index (χ0) is 12.3. The van der Waals surface area contributed by atoms with Gasteiger partial charge in [-0.1, -0.05) is 6.07 Å². The molecule has 3 nitrogen and oxygen atoms in total. The monoisotopic (exact) mass is 245 g/mol. The molecule has 0 aliphatic rings. The molecule has 4 heteroatoms. The molecule has 1 aromatic heterocycles. The standard InChI is InChI=1S/C13H11NO2S/c1-15-11-5-3-4-10(13(11)16-2)12-7-6-9(8-14)17-12/h3-7H,1-2H3. The molecule has 2 rings (SSSR count). The molecule has 0 unspecified atom stereocenters. The van der Waals surface area contributed by atoms with Crippen LogP contribution in [0.4, 0.5) is 0 Å². The van der Waals surface area contributed by atoms with E-state index in [9.17, 15) is 0 Å². The van der Waals surface area contributed by atoms with Crippen molar-refractivity contribution in [3.05, 3.63) is 35.2 Å². The molecule has 0 bridgehead atoms. The van der Waals surface area contributed by atoms with E-state index in [1.807, 2.05) is 24.3 Å². The van der Waals surface area contributed by atoms with E-state index in [1.54, 1.807) is 20.3 Å². The Morgan fingerprint density at radius 3 is 2.53 bits per heavy atom. The van der Waals surface area contributed by atoms with Crippen LogP contribution >= 0.6 is 11.3 Å². The van der Waals surface area contributed by atoms with Gasteiger partial charge in [0.1, 0.15) is 10.9 Å². The number of hydrogen-bond donors (Lipinski definition) is 0. The third-order valence-electron chi connectivity index (χ3n) is 2.38. The van der Waals surface area contributed by atoms with Gasteiger partial charge < -0.3 is 9.47 Å². The molecule has 1 aromatic carbocycles. The van der Waals surface area contributed by atoms with Gasteiger partial charge in [-0.15, -0.1) is 11.3 Å². The predicted molar refractivity (Wildman–Crippen MR) is 67.6 cm³/mol. The average Bonchev–Trinajstić information content (AvgIpc) is 2.86. The van der Waals surface area contributed by atoms with Crippen molar-refractivity contribution in [1.29, 1.82) is 5.26 Å². The second-order valence-corrected chi connectivity index (χ2v) is 4.40. The summed E-state index contributed by atoms with van der Waals surface area (Å²) in [6, 6.07) is 11.6. The van der Waals surface area contributed by atoms with E-state index in [0.717, 1.165) is 10.4 Å². The summed E-state index contributed by atoms with van der Waals surface area (Å²) in [5.74, 6) is 1.39. The molecule has 0 amide bonds. The predicted octanol–water partition coefficient (Wildman–Crippen LogP) is 3.30. The minimum absolute atomic E-state index is 0.685. The highest BCUT2D eigenvalue weighted by atomic mass is 32.1. The molecular weight excluding hydrogens is 234 g/mol. The second-order valence-electron chi connectivity index (χ2n) is 3.32. The number of rotatable bonds is 3. The van der Waals surface area contributed by atoms with Gasteiger partial charge in [0, 0.05) is 10.4 Å². The number of ether oxygens (including phenoxy) is 2. The Bertz CT molecular complexity index is 569. The highest BCUT2D eigenvalue weighted by Crippen LogP contribution is 2.40. The molecular formula is C13H11NO2S. The Morgan fingerprint density at radius 2 is 1.94 bits per heavy atom. The van der Waals surface area contributed by atoms with Gasteiger partial charge in [0.25, 0.3) is 0 Å². The summed E-state index contributed by atoms with van der Waals surface area (Å²) in [5, 5.41) is 8.83. The molecule has 86 valence electrons. The first-order chi connectivity index (χ1) is 8.30. The molecule has 0 aliphatic carbocycles. The summed E-state index contributed by atoms with van der Waals surface area (Å²) < 4.78 is 10.6. The van der Waals surface area contributed by atoms with E-state index in [2.05, 4.69) is 6.07 Å². The van der Waals surface area contributed by atoms with Crippen LogP contribution in [0, 0.1) is 11.3 Å². The Morgan fingerprint density at radius 1 is 1.12 bits per heavy atom. The highest BCUT2D eigenvalue weighted by Gasteiger charge is 2.12. The third kappa shape index (κ3) is 2.10. The Hall–Kier alpha value is -1.99. The maximum atomic E-state index is 8.83. The van der Waals surface area contributed by atoms with Crippen molar-refractivity contribution in [2.45, 2.75) is 0 Å². The Balaban J connectivity index is 2.55. The maximum Gasteiger partial charge on any atom is 0.169 e. The maximum absolute atomic E-state index is 8.83. The smallest absolute Gasteiger partial charge is 0.169 e. The summed E-state index contributed by atoms with van der Waals surface area (Å²) in [6.45, 7) is 0. The van der Waals surface area contributed by atoms with Crippen LogP contribution in [-0.2, 0) is 0 Å². The number of methoxy groups -OCH3 is 2. The SMILES string of the molecule is COc1cccc(-c2ccc(C#N)s2)c1OC. The topological polar surface area (TPSA) is 42.2 Å². The number of nitrogens with zero attached hydrogens (tertiary/aromatic N) is 1. The van der Waals surface area contributed by atoms with Crippen LogP contribution in [0.25, 0.3) is 10.4 Å².